The highest BCUT2D eigenvalue weighted by Crippen LogP contribution is 2.17. The summed E-state index contributed by atoms with van der Waals surface area (Å²) < 4.78 is 13.8. The van der Waals surface area contributed by atoms with Crippen LogP contribution in [0.4, 0.5) is 10.1 Å². The summed E-state index contributed by atoms with van der Waals surface area (Å²) in [6, 6.07) is 12.6. The van der Waals surface area contributed by atoms with Gasteiger partial charge in [-0.25, -0.2) is 4.39 Å². The summed E-state index contributed by atoms with van der Waals surface area (Å²) in [6.07, 6.45) is 1.17. The molecular formula is C21H23FN4O3. The van der Waals surface area contributed by atoms with Gasteiger partial charge in [0.05, 0.1) is 17.7 Å². The van der Waals surface area contributed by atoms with Crippen molar-refractivity contribution in [1.29, 1.82) is 0 Å². The van der Waals surface area contributed by atoms with Crippen LogP contribution in [0.1, 0.15) is 33.6 Å². The molecular weight excluding hydrogens is 375 g/mol. The van der Waals surface area contributed by atoms with E-state index < -0.39 is 11.7 Å². The van der Waals surface area contributed by atoms with Gasteiger partial charge in [-0.05, 0) is 37.1 Å². The number of carbonyl (C=O) groups is 3. The maximum atomic E-state index is 13.8. The van der Waals surface area contributed by atoms with Gasteiger partial charge in [-0.3, -0.25) is 14.4 Å². The number of para-hydroxylation sites is 1. The van der Waals surface area contributed by atoms with Gasteiger partial charge in [0.25, 0.3) is 11.8 Å². The smallest absolute Gasteiger partial charge is 0.256 e. The number of benzene rings is 2. The zero-order valence-corrected chi connectivity index (χ0v) is 15.9. The number of nitrogens with two attached hydrogens (primary N) is 1. The maximum absolute atomic E-state index is 13.8. The van der Waals surface area contributed by atoms with Crippen molar-refractivity contribution in [1.82, 2.24) is 10.2 Å². The van der Waals surface area contributed by atoms with Crippen molar-refractivity contribution in [2.75, 3.05) is 25.0 Å². The predicted molar refractivity (Wildman–Crippen MR) is 107 cm³/mol. The molecule has 0 spiro atoms. The van der Waals surface area contributed by atoms with E-state index in [1.807, 2.05) is 0 Å². The zero-order valence-electron chi connectivity index (χ0n) is 15.9. The summed E-state index contributed by atoms with van der Waals surface area (Å²) in [6.45, 7) is 0.880. The SMILES string of the molecule is NC(=O)c1ccccc1NCC(=O)NC1CCN(C(=O)c2ccccc2F)CC1. The number of halogens is 1. The van der Waals surface area contributed by atoms with E-state index in [-0.39, 0.29) is 30.0 Å². The first kappa shape index (κ1) is 20.3. The van der Waals surface area contributed by atoms with Gasteiger partial charge in [-0.1, -0.05) is 24.3 Å². The van der Waals surface area contributed by atoms with Gasteiger partial charge in [-0.2, -0.15) is 0 Å². The second kappa shape index (κ2) is 9.18. The summed E-state index contributed by atoms with van der Waals surface area (Å²) in [4.78, 5) is 37.7. The van der Waals surface area contributed by atoms with Gasteiger partial charge in [0.2, 0.25) is 5.91 Å². The van der Waals surface area contributed by atoms with Crippen LogP contribution in [0.2, 0.25) is 0 Å². The van der Waals surface area contributed by atoms with Crippen LogP contribution in [0.3, 0.4) is 0 Å². The molecule has 1 aliphatic rings. The Morgan fingerprint density at radius 2 is 1.62 bits per heavy atom. The Bertz CT molecular complexity index is 910. The summed E-state index contributed by atoms with van der Waals surface area (Å²) in [5.74, 6) is -1.66. The molecule has 3 rings (SSSR count). The Labute approximate surface area is 168 Å². The molecule has 1 saturated heterocycles. The van der Waals surface area contributed by atoms with Crippen LogP contribution in [0.5, 0.6) is 0 Å². The molecule has 0 aliphatic carbocycles. The molecule has 1 aliphatic heterocycles. The first-order chi connectivity index (χ1) is 14.0. The lowest BCUT2D eigenvalue weighted by Crippen LogP contribution is -2.47. The molecule has 7 nitrogen and oxygen atoms in total. The quantitative estimate of drug-likeness (QED) is 0.690. The Morgan fingerprint density at radius 3 is 2.28 bits per heavy atom. The van der Waals surface area contributed by atoms with Gasteiger partial charge in [0.1, 0.15) is 5.82 Å². The van der Waals surface area contributed by atoms with E-state index in [9.17, 15) is 18.8 Å². The van der Waals surface area contributed by atoms with E-state index in [1.54, 1.807) is 41.3 Å². The first-order valence-electron chi connectivity index (χ1n) is 9.41. The Morgan fingerprint density at radius 1 is 1.00 bits per heavy atom. The second-order valence-electron chi connectivity index (χ2n) is 6.88. The van der Waals surface area contributed by atoms with Crippen LogP contribution in [0, 0.1) is 5.82 Å². The third kappa shape index (κ3) is 5.10. The standard InChI is InChI=1S/C21H23FN4O3/c22-17-7-3-1-5-15(17)21(29)26-11-9-14(10-12-26)25-19(27)13-24-18-8-4-2-6-16(18)20(23)28/h1-8,14,24H,9-13H2,(H2,23,28)(H,25,27). The number of anilines is 1. The van der Waals surface area contributed by atoms with Gasteiger partial charge in [0.15, 0.2) is 0 Å². The Kier molecular flexibility index (Phi) is 6.43. The number of hydrogen-bond donors (Lipinski definition) is 3. The number of rotatable bonds is 6. The van der Waals surface area contributed by atoms with Crippen molar-refractivity contribution in [2.24, 2.45) is 5.73 Å². The van der Waals surface area contributed by atoms with E-state index in [4.69, 9.17) is 5.73 Å². The predicted octanol–water partition coefficient (Wildman–Crippen LogP) is 1.76. The summed E-state index contributed by atoms with van der Waals surface area (Å²) in [5.41, 5.74) is 6.21. The first-order valence-corrected chi connectivity index (χ1v) is 9.41. The molecule has 0 bridgehead atoms. The molecule has 3 amide bonds. The van der Waals surface area contributed by atoms with Crippen molar-refractivity contribution >= 4 is 23.4 Å². The van der Waals surface area contributed by atoms with Crippen molar-refractivity contribution in [2.45, 2.75) is 18.9 Å². The molecule has 0 radical (unpaired) electrons. The average molecular weight is 398 g/mol. The average Bonchev–Trinajstić information content (AvgIpc) is 2.73. The molecule has 1 heterocycles. The van der Waals surface area contributed by atoms with Gasteiger partial charge < -0.3 is 21.3 Å². The number of hydrogen-bond acceptors (Lipinski definition) is 4. The maximum Gasteiger partial charge on any atom is 0.256 e. The summed E-state index contributed by atoms with van der Waals surface area (Å²) in [7, 11) is 0. The van der Waals surface area contributed by atoms with Crippen LogP contribution in [0.15, 0.2) is 48.5 Å². The number of nitrogens with zero attached hydrogens (tertiary/aromatic N) is 1. The van der Waals surface area contributed by atoms with Crippen molar-refractivity contribution in [3.63, 3.8) is 0 Å². The highest BCUT2D eigenvalue weighted by atomic mass is 19.1. The van der Waals surface area contributed by atoms with Crippen molar-refractivity contribution < 1.29 is 18.8 Å². The van der Waals surface area contributed by atoms with Gasteiger partial charge in [-0.15, -0.1) is 0 Å². The minimum absolute atomic E-state index is 0.00132. The lowest BCUT2D eigenvalue weighted by molar-refractivity contribution is -0.120. The monoisotopic (exact) mass is 398 g/mol. The molecule has 2 aromatic carbocycles. The fourth-order valence-electron chi connectivity index (χ4n) is 3.34. The van der Waals surface area contributed by atoms with Crippen molar-refractivity contribution in [3.8, 4) is 0 Å². The Balaban J connectivity index is 1.47. The highest BCUT2D eigenvalue weighted by Gasteiger charge is 2.25. The van der Waals surface area contributed by atoms with E-state index in [1.165, 1.54) is 12.1 Å². The summed E-state index contributed by atoms with van der Waals surface area (Å²) >= 11 is 0. The molecule has 29 heavy (non-hydrogen) atoms. The zero-order chi connectivity index (χ0) is 20.8. The third-order valence-corrected chi connectivity index (χ3v) is 4.88. The fraction of sp³-hybridized carbons (Fsp3) is 0.286. The largest absolute Gasteiger partial charge is 0.376 e. The molecule has 0 unspecified atom stereocenters. The van der Waals surface area contributed by atoms with E-state index in [2.05, 4.69) is 10.6 Å². The minimum Gasteiger partial charge on any atom is -0.376 e. The molecule has 0 atom stereocenters. The van der Waals surface area contributed by atoms with Crippen LogP contribution in [0.25, 0.3) is 0 Å². The van der Waals surface area contributed by atoms with Crippen molar-refractivity contribution in [3.05, 3.63) is 65.5 Å². The minimum atomic E-state index is -0.569. The molecule has 1 fully saturated rings. The van der Waals surface area contributed by atoms with Gasteiger partial charge in [0, 0.05) is 24.8 Å². The normalized spacial score (nSPS) is 14.3. The number of primary amides is 1. The van der Waals surface area contributed by atoms with Crippen LogP contribution < -0.4 is 16.4 Å². The number of carbonyl (C=O) groups excluding carboxylic acids is 3. The fourth-order valence-corrected chi connectivity index (χ4v) is 3.34. The van der Waals surface area contributed by atoms with Crippen LogP contribution >= 0.6 is 0 Å². The highest BCUT2D eigenvalue weighted by molar-refractivity contribution is 5.99. The van der Waals surface area contributed by atoms with E-state index in [0.717, 1.165) is 0 Å². The van der Waals surface area contributed by atoms with Crippen LogP contribution in [-0.4, -0.2) is 48.3 Å². The summed E-state index contributed by atoms with van der Waals surface area (Å²) in [5, 5.41) is 5.84. The molecule has 152 valence electrons. The third-order valence-electron chi connectivity index (χ3n) is 4.88. The van der Waals surface area contributed by atoms with Crippen LogP contribution in [-0.2, 0) is 4.79 Å². The number of amides is 3. The number of nitrogens with one attached hydrogen (secondary N) is 2. The molecule has 8 heteroatoms. The Hall–Kier alpha value is -3.42. The number of piperidine rings is 1. The lowest BCUT2D eigenvalue weighted by Gasteiger charge is -2.32. The molecule has 0 saturated carbocycles. The molecule has 2 aromatic rings. The van der Waals surface area contributed by atoms with E-state index in [0.29, 0.717) is 37.2 Å². The topological polar surface area (TPSA) is 105 Å². The molecule has 4 N–H and O–H groups in total. The second-order valence-corrected chi connectivity index (χ2v) is 6.88. The molecule has 0 aromatic heterocycles. The van der Waals surface area contributed by atoms with Gasteiger partial charge >= 0.3 is 0 Å². The lowest BCUT2D eigenvalue weighted by atomic mass is 10.0. The van der Waals surface area contributed by atoms with E-state index >= 15 is 0 Å². The number of likely N-dealkylation sites (tertiary alicyclic amines) is 1.